The highest BCUT2D eigenvalue weighted by molar-refractivity contribution is 9.10. The lowest BCUT2D eigenvalue weighted by atomic mass is 10.0. The number of rotatable bonds is 2. The number of hydrogen-bond acceptors (Lipinski definition) is 2. The van der Waals surface area contributed by atoms with Crippen LogP contribution in [0.4, 0.5) is 5.69 Å². The maximum atomic E-state index is 11.2. The number of nitrogens with one attached hydrogen (secondary N) is 1. The molecule has 0 spiro atoms. The largest absolute Gasteiger partial charge is 0.381 e. The third kappa shape index (κ3) is 3.39. The highest BCUT2D eigenvalue weighted by Crippen LogP contribution is 2.27. The Kier molecular flexibility index (Phi) is 4.51. The maximum Gasteiger partial charge on any atom is 0.219 e. The van der Waals surface area contributed by atoms with Crippen molar-refractivity contribution in [2.75, 3.05) is 18.4 Å². The number of piperidine rings is 1. The number of carbonyl (C=O) groups is 1. The van der Waals surface area contributed by atoms with Crippen LogP contribution < -0.4 is 5.32 Å². The van der Waals surface area contributed by atoms with E-state index < -0.39 is 0 Å². The summed E-state index contributed by atoms with van der Waals surface area (Å²) in [5.41, 5.74) is 1.06. The SMILES string of the molecule is CC(=O)N1CCC(Nc2ccc(Cl)cc2Br)CC1. The van der Waals surface area contributed by atoms with Gasteiger partial charge in [0.15, 0.2) is 0 Å². The molecule has 18 heavy (non-hydrogen) atoms. The van der Waals surface area contributed by atoms with E-state index in [1.165, 1.54) is 0 Å². The van der Waals surface area contributed by atoms with Crippen LogP contribution in [-0.4, -0.2) is 29.9 Å². The number of amides is 1. The Morgan fingerprint density at radius 2 is 2.11 bits per heavy atom. The summed E-state index contributed by atoms with van der Waals surface area (Å²) in [6.45, 7) is 3.29. The molecule has 1 amide bonds. The van der Waals surface area contributed by atoms with E-state index in [2.05, 4.69) is 21.2 Å². The molecule has 1 N–H and O–H groups in total. The molecule has 0 saturated carbocycles. The highest BCUT2D eigenvalue weighted by Gasteiger charge is 2.20. The highest BCUT2D eigenvalue weighted by atomic mass is 79.9. The van der Waals surface area contributed by atoms with E-state index in [-0.39, 0.29) is 5.91 Å². The molecule has 0 bridgehead atoms. The summed E-state index contributed by atoms with van der Waals surface area (Å²) < 4.78 is 0.976. The molecule has 0 unspecified atom stereocenters. The number of carbonyl (C=O) groups excluding carboxylic acids is 1. The predicted octanol–water partition coefficient (Wildman–Crippen LogP) is 3.53. The quantitative estimate of drug-likeness (QED) is 0.899. The minimum atomic E-state index is 0.168. The number of halogens is 2. The fraction of sp³-hybridized carbons (Fsp3) is 0.462. The van der Waals surface area contributed by atoms with Crippen molar-refractivity contribution >= 4 is 39.1 Å². The normalized spacial score (nSPS) is 16.7. The summed E-state index contributed by atoms with van der Waals surface area (Å²) in [5.74, 6) is 0.168. The molecular weight excluding hydrogens is 316 g/mol. The molecule has 1 aromatic carbocycles. The topological polar surface area (TPSA) is 32.3 Å². The number of hydrogen-bond donors (Lipinski definition) is 1. The average Bonchev–Trinajstić information content (AvgIpc) is 2.33. The number of benzene rings is 1. The molecule has 3 nitrogen and oxygen atoms in total. The Bertz CT molecular complexity index is 445. The van der Waals surface area contributed by atoms with Crippen molar-refractivity contribution < 1.29 is 4.79 Å². The first-order chi connectivity index (χ1) is 8.56. The van der Waals surface area contributed by atoms with Gasteiger partial charge in [0.05, 0.1) is 0 Å². The van der Waals surface area contributed by atoms with Crippen molar-refractivity contribution in [1.29, 1.82) is 0 Å². The molecule has 0 atom stereocenters. The maximum absolute atomic E-state index is 11.2. The molecule has 0 aliphatic carbocycles. The standard InChI is InChI=1S/C13H16BrClN2O/c1-9(18)17-6-4-11(5-7-17)16-13-3-2-10(15)8-12(13)14/h2-3,8,11,16H,4-7H2,1H3. The van der Waals surface area contributed by atoms with E-state index in [1.807, 2.05) is 23.1 Å². The second-order valence-corrected chi connectivity index (χ2v) is 5.84. The van der Waals surface area contributed by atoms with E-state index in [0.29, 0.717) is 6.04 Å². The van der Waals surface area contributed by atoms with Crippen LogP contribution in [0.3, 0.4) is 0 Å². The monoisotopic (exact) mass is 330 g/mol. The van der Waals surface area contributed by atoms with E-state index in [0.717, 1.165) is 41.1 Å². The van der Waals surface area contributed by atoms with Crippen LogP contribution in [0.15, 0.2) is 22.7 Å². The summed E-state index contributed by atoms with van der Waals surface area (Å²) in [4.78, 5) is 13.1. The van der Waals surface area contributed by atoms with E-state index in [9.17, 15) is 4.79 Å². The summed E-state index contributed by atoms with van der Waals surface area (Å²) in [7, 11) is 0. The molecule has 2 rings (SSSR count). The Morgan fingerprint density at radius 3 is 2.67 bits per heavy atom. The van der Waals surface area contributed by atoms with Crippen LogP contribution in [-0.2, 0) is 4.79 Å². The van der Waals surface area contributed by atoms with Crippen LogP contribution in [0.5, 0.6) is 0 Å². The minimum absolute atomic E-state index is 0.168. The van der Waals surface area contributed by atoms with E-state index >= 15 is 0 Å². The van der Waals surface area contributed by atoms with Crippen molar-refractivity contribution in [3.63, 3.8) is 0 Å². The summed E-state index contributed by atoms with van der Waals surface area (Å²) in [6.07, 6.45) is 1.96. The van der Waals surface area contributed by atoms with Crippen LogP contribution >= 0.6 is 27.5 Å². The lowest BCUT2D eigenvalue weighted by Gasteiger charge is -2.32. The minimum Gasteiger partial charge on any atom is -0.381 e. The van der Waals surface area contributed by atoms with E-state index in [1.54, 1.807) is 6.92 Å². The van der Waals surface area contributed by atoms with Gasteiger partial charge in [0, 0.05) is 41.2 Å². The summed E-state index contributed by atoms with van der Waals surface area (Å²) in [5, 5.41) is 4.21. The molecule has 0 radical (unpaired) electrons. The number of nitrogens with zero attached hydrogens (tertiary/aromatic N) is 1. The van der Waals surface area contributed by atoms with Gasteiger partial charge in [-0.15, -0.1) is 0 Å². The van der Waals surface area contributed by atoms with Gasteiger partial charge in [-0.3, -0.25) is 4.79 Å². The molecule has 98 valence electrons. The van der Waals surface area contributed by atoms with Gasteiger partial charge in [-0.05, 0) is 47.0 Å². The van der Waals surface area contributed by atoms with Gasteiger partial charge in [0.1, 0.15) is 0 Å². The third-order valence-electron chi connectivity index (χ3n) is 3.23. The van der Waals surface area contributed by atoms with Crippen LogP contribution in [0.2, 0.25) is 5.02 Å². The zero-order valence-corrected chi connectivity index (χ0v) is 12.6. The van der Waals surface area contributed by atoms with Gasteiger partial charge in [0.25, 0.3) is 0 Å². The second-order valence-electron chi connectivity index (χ2n) is 4.55. The third-order valence-corrected chi connectivity index (χ3v) is 4.12. The first-order valence-electron chi connectivity index (χ1n) is 6.03. The zero-order valence-electron chi connectivity index (χ0n) is 10.2. The van der Waals surface area contributed by atoms with Crippen molar-refractivity contribution in [3.05, 3.63) is 27.7 Å². The van der Waals surface area contributed by atoms with Crippen molar-refractivity contribution in [2.45, 2.75) is 25.8 Å². The van der Waals surface area contributed by atoms with E-state index in [4.69, 9.17) is 11.6 Å². The van der Waals surface area contributed by atoms with Gasteiger partial charge in [-0.2, -0.15) is 0 Å². The zero-order chi connectivity index (χ0) is 13.1. The fourth-order valence-corrected chi connectivity index (χ4v) is 2.96. The van der Waals surface area contributed by atoms with Crippen molar-refractivity contribution in [1.82, 2.24) is 4.90 Å². The van der Waals surface area contributed by atoms with Crippen LogP contribution in [0.25, 0.3) is 0 Å². The fourth-order valence-electron chi connectivity index (χ4n) is 2.17. The Hall–Kier alpha value is -0.740. The number of anilines is 1. The lowest BCUT2D eigenvalue weighted by Crippen LogP contribution is -2.41. The molecule has 1 saturated heterocycles. The average molecular weight is 332 g/mol. The molecule has 1 fully saturated rings. The molecule has 1 aliphatic heterocycles. The Morgan fingerprint density at radius 1 is 1.44 bits per heavy atom. The Labute approximate surface area is 121 Å². The molecule has 5 heteroatoms. The van der Waals surface area contributed by atoms with Gasteiger partial charge in [-0.25, -0.2) is 0 Å². The lowest BCUT2D eigenvalue weighted by molar-refractivity contribution is -0.129. The first kappa shape index (κ1) is 13.7. The Balaban J connectivity index is 1.93. The van der Waals surface area contributed by atoms with Crippen LogP contribution in [0, 0.1) is 0 Å². The molecule has 1 aromatic rings. The van der Waals surface area contributed by atoms with Gasteiger partial charge in [0.2, 0.25) is 5.91 Å². The van der Waals surface area contributed by atoms with Crippen molar-refractivity contribution in [2.24, 2.45) is 0 Å². The summed E-state index contributed by atoms with van der Waals surface area (Å²) >= 11 is 9.41. The predicted molar refractivity (Wildman–Crippen MR) is 78.1 cm³/mol. The van der Waals surface area contributed by atoms with Gasteiger partial charge >= 0.3 is 0 Å². The molecule has 1 heterocycles. The van der Waals surface area contributed by atoms with Gasteiger partial charge < -0.3 is 10.2 Å². The van der Waals surface area contributed by atoms with Gasteiger partial charge in [-0.1, -0.05) is 11.6 Å². The molecule has 0 aromatic heterocycles. The first-order valence-corrected chi connectivity index (χ1v) is 7.20. The molecular formula is C13H16BrClN2O. The smallest absolute Gasteiger partial charge is 0.219 e. The molecule has 1 aliphatic rings. The summed E-state index contributed by atoms with van der Waals surface area (Å²) in [6, 6.07) is 6.15. The van der Waals surface area contributed by atoms with Crippen LogP contribution in [0.1, 0.15) is 19.8 Å². The second kappa shape index (κ2) is 5.93. The number of likely N-dealkylation sites (tertiary alicyclic amines) is 1. The van der Waals surface area contributed by atoms with Crippen molar-refractivity contribution in [3.8, 4) is 0 Å².